The second kappa shape index (κ2) is 14.2. The molecule has 0 radical (unpaired) electrons. The largest absolute Gasteiger partial charge is 0.490 e. The van der Waals surface area contributed by atoms with Gasteiger partial charge in [0.25, 0.3) is 0 Å². The van der Waals surface area contributed by atoms with Crippen molar-refractivity contribution < 1.29 is 48.7 Å². The van der Waals surface area contributed by atoms with Crippen LogP contribution in [0.2, 0.25) is 0 Å². The van der Waals surface area contributed by atoms with Gasteiger partial charge in [0.05, 0.1) is 13.2 Å². The maximum Gasteiger partial charge on any atom is 0.335 e. The van der Waals surface area contributed by atoms with Crippen LogP contribution in [0.1, 0.15) is 37.7 Å². The van der Waals surface area contributed by atoms with Crippen molar-refractivity contribution in [3.63, 3.8) is 0 Å². The molecular formula is C26H35FN2O9. The van der Waals surface area contributed by atoms with Crippen LogP contribution in [0.3, 0.4) is 0 Å². The molecule has 4 rings (SSSR count). The van der Waals surface area contributed by atoms with E-state index in [1.807, 2.05) is 0 Å². The van der Waals surface area contributed by atoms with Crippen LogP contribution in [0.15, 0.2) is 24.3 Å². The SMILES string of the molecule is O=C(C=Cc1ccc(OC2CCN(C3CCC3)CC2)cc1F)N1CCOCC1.O=C(O)[C@H](O)[C@@H](O)C(=O)O. The summed E-state index contributed by atoms with van der Waals surface area (Å²) in [5.74, 6) is -3.45. The Morgan fingerprint density at radius 3 is 2.08 bits per heavy atom. The van der Waals surface area contributed by atoms with E-state index in [2.05, 4.69) is 4.90 Å². The van der Waals surface area contributed by atoms with E-state index in [0.29, 0.717) is 37.6 Å². The number of hydrogen-bond acceptors (Lipinski definition) is 8. The maximum absolute atomic E-state index is 14.4. The summed E-state index contributed by atoms with van der Waals surface area (Å²) in [4.78, 5) is 36.0. The van der Waals surface area contributed by atoms with Crippen molar-refractivity contribution in [2.75, 3.05) is 39.4 Å². The number of aliphatic carboxylic acids is 2. The van der Waals surface area contributed by atoms with Gasteiger partial charge in [-0.25, -0.2) is 14.0 Å². The fourth-order valence-electron chi connectivity index (χ4n) is 4.34. The van der Waals surface area contributed by atoms with E-state index >= 15 is 0 Å². The third-order valence-corrected chi connectivity index (χ3v) is 6.88. The van der Waals surface area contributed by atoms with E-state index in [0.717, 1.165) is 32.0 Å². The number of benzene rings is 1. The summed E-state index contributed by atoms with van der Waals surface area (Å²) in [6.45, 7) is 4.42. The molecule has 0 aromatic heterocycles. The highest BCUT2D eigenvalue weighted by Gasteiger charge is 2.30. The Bertz CT molecular complexity index is 969. The Kier molecular flexibility index (Phi) is 11.0. The quantitative estimate of drug-likeness (QED) is 0.352. The number of piperidine rings is 1. The molecular weight excluding hydrogens is 503 g/mol. The molecule has 2 aliphatic heterocycles. The van der Waals surface area contributed by atoms with Gasteiger partial charge in [0.2, 0.25) is 5.91 Å². The third kappa shape index (κ3) is 8.48. The fourth-order valence-corrected chi connectivity index (χ4v) is 4.34. The molecule has 1 aliphatic carbocycles. The number of nitrogens with zero attached hydrogens (tertiary/aromatic N) is 2. The van der Waals surface area contributed by atoms with Crippen molar-refractivity contribution in [1.29, 1.82) is 0 Å². The zero-order chi connectivity index (χ0) is 27.7. The Labute approximate surface area is 220 Å². The van der Waals surface area contributed by atoms with E-state index in [9.17, 15) is 18.8 Å². The standard InChI is InChI=1S/C22H29FN2O3.C4H6O6/c23-21-16-20(28-19-8-10-24(11-9-19)18-2-1-3-18)6-4-17(21)5-7-22(26)25-12-14-27-15-13-25;5-1(3(7)8)2(6)4(9)10/h4-7,16,18-19H,1-3,8-15H2;1-2,5-6H,(H,7,8)(H,9,10)/t;1-,2-/m.1/s1. The number of rotatable bonds is 8. The lowest BCUT2D eigenvalue weighted by Crippen LogP contribution is -2.46. The van der Waals surface area contributed by atoms with E-state index in [1.165, 1.54) is 37.5 Å². The molecule has 12 heteroatoms. The van der Waals surface area contributed by atoms with Crippen LogP contribution >= 0.6 is 0 Å². The minimum absolute atomic E-state index is 0.110. The molecule has 38 heavy (non-hydrogen) atoms. The molecule has 11 nitrogen and oxygen atoms in total. The van der Waals surface area contributed by atoms with Gasteiger partial charge < -0.3 is 39.7 Å². The van der Waals surface area contributed by atoms with Gasteiger partial charge in [0.1, 0.15) is 17.7 Å². The predicted molar refractivity (Wildman–Crippen MR) is 133 cm³/mol. The van der Waals surface area contributed by atoms with Crippen molar-refractivity contribution in [2.24, 2.45) is 0 Å². The summed E-state index contributed by atoms with van der Waals surface area (Å²) >= 11 is 0. The average molecular weight is 539 g/mol. The summed E-state index contributed by atoms with van der Waals surface area (Å²) in [5, 5.41) is 32.5. The fraction of sp³-hybridized carbons (Fsp3) is 0.577. The van der Waals surface area contributed by atoms with Crippen molar-refractivity contribution in [1.82, 2.24) is 9.80 Å². The number of aliphatic hydroxyl groups is 2. The van der Waals surface area contributed by atoms with Crippen molar-refractivity contribution in [2.45, 2.75) is 56.5 Å². The summed E-state index contributed by atoms with van der Waals surface area (Å²) in [7, 11) is 0. The molecule has 0 unspecified atom stereocenters. The first-order chi connectivity index (χ1) is 18.2. The Morgan fingerprint density at radius 1 is 0.974 bits per heavy atom. The minimum atomic E-state index is -2.27. The van der Waals surface area contributed by atoms with Gasteiger partial charge in [-0.15, -0.1) is 0 Å². The molecule has 3 aliphatic rings. The second-order valence-corrected chi connectivity index (χ2v) is 9.46. The number of morpholine rings is 1. The highest BCUT2D eigenvalue weighted by Crippen LogP contribution is 2.29. The number of halogens is 1. The summed E-state index contributed by atoms with van der Waals surface area (Å²) in [5.41, 5.74) is 0.397. The predicted octanol–water partition coefficient (Wildman–Crippen LogP) is 0.971. The lowest BCUT2D eigenvalue weighted by atomic mass is 9.90. The van der Waals surface area contributed by atoms with Crippen LogP contribution in [-0.4, -0.2) is 112 Å². The van der Waals surface area contributed by atoms with E-state index < -0.39 is 24.1 Å². The van der Waals surface area contributed by atoms with Crippen molar-refractivity contribution in [3.05, 3.63) is 35.7 Å². The van der Waals surface area contributed by atoms with Crippen molar-refractivity contribution in [3.8, 4) is 5.75 Å². The number of likely N-dealkylation sites (tertiary alicyclic amines) is 1. The Morgan fingerprint density at radius 2 is 1.58 bits per heavy atom. The number of aliphatic hydroxyl groups excluding tert-OH is 2. The van der Waals surface area contributed by atoms with Crippen LogP contribution in [0.5, 0.6) is 5.75 Å². The molecule has 1 aromatic carbocycles. The second-order valence-electron chi connectivity index (χ2n) is 9.46. The first kappa shape index (κ1) is 29.5. The zero-order valence-electron chi connectivity index (χ0n) is 21.1. The lowest BCUT2D eigenvalue weighted by Gasteiger charge is -2.41. The van der Waals surface area contributed by atoms with Gasteiger partial charge in [-0.05, 0) is 43.9 Å². The number of carboxylic acids is 2. The molecule has 1 aromatic rings. The first-order valence-electron chi connectivity index (χ1n) is 12.7. The van der Waals surface area contributed by atoms with E-state index in [1.54, 1.807) is 17.0 Å². The Hall–Kier alpha value is -3.06. The molecule has 0 bridgehead atoms. The molecule has 0 spiro atoms. The molecule has 2 saturated heterocycles. The van der Waals surface area contributed by atoms with Crippen LogP contribution in [0.4, 0.5) is 4.39 Å². The zero-order valence-corrected chi connectivity index (χ0v) is 21.1. The topological polar surface area (TPSA) is 157 Å². The monoisotopic (exact) mass is 538 g/mol. The van der Waals surface area contributed by atoms with Gasteiger partial charge in [-0.1, -0.05) is 6.42 Å². The van der Waals surface area contributed by atoms with Crippen LogP contribution in [0, 0.1) is 5.82 Å². The van der Waals surface area contributed by atoms with Gasteiger partial charge >= 0.3 is 11.9 Å². The number of ether oxygens (including phenoxy) is 2. The third-order valence-electron chi connectivity index (χ3n) is 6.88. The smallest absolute Gasteiger partial charge is 0.335 e. The first-order valence-corrected chi connectivity index (χ1v) is 12.7. The summed E-state index contributed by atoms with van der Waals surface area (Å²) < 4.78 is 25.7. The number of carbonyl (C=O) groups excluding carboxylic acids is 1. The Balaban J connectivity index is 0.000000342. The number of carbonyl (C=O) groups is 3. The average Bonchev–Trinajstić information content (AvgIpc) is 2.88. The summed E-state index contributed by atoms with van der Waals surface area (Å²) in [6.07, 6.45) is 4.60. The van der Waals surface area contributed by atoms with Gasteiger partial charge in [-0.2, -0.15) is 0 Å². The lowest BCUT2D eigenvalue weighted by molar-refractivity contribution is -0.165. The highest BCUT2D eigenvalue weighted by molar-refractivity contribution is 5.91. The van der Waals surface area contributed by atoms with E-state index in [4.69, 9.17) is 29.9 Å². The van der Waals surface area contributed by atoms with Crippen LogP contribution in [-0.2, 0) is 19.1 Å². The van der Waals surface area contributed by atoms with Crippen LogP contribution < -0.4 is 4.74 Å². The number of carboxylic acid groups (broad SMARTS) is 2. The number of hydrogen-bond donors (Lipinski definition) is 4. The molecule has 4 N–H and O–H groups in total. The molecule has 2 atom stereocenters. The van der Waals surface area contributed by atoms with Gasteiger partial charge in [0.15, 0.2) is 12.2 Å². The number of amides is 1. The normalized spacial score (nSPS) is 20.7. The van der Waals surface area contributed by atoms with Crippen molar-refractivity contribution >= 4 is 23.9 Å². The van der Waals surface area contributed by atoms with Gasteiger partial charge in [0, 0.05) is 49.9 Å². The van der Waals surface area contributed by atoms with E-state index in [-0.39, 0.29) is 17.8 Å². The molecule has 210 valence electrons. The highest BCUT2D eigenvalue weighted by atomic mass is 19.1. The van der Waals surface area contributed by atoms with Gasteiger partial charge in [-0.3, -0.25) is 4.79 Å². The van der Waals surface area contributed by atoms with Crippen LogP contribution in [0.25, 0.3) is 6.08 Å². The summed E-state index contributed by atoms with van der Waals surface area (Å²) in [6, 6.07) is 5.68. The molecule has 1 saturated carbocycles. The maximum atomic E-state index is 14.4. The molecule has 3 fully saturated rings. The molecule has 1 amide bonds. The molecule has 2 heterocycles. The minimum Gasteiger partial charge on any atom is -0.490 e.